The largest absolute Gasteiger partial charge is 0.396 e. The SMILES string of the molecule is O=C(CN1CCCCC1CCO)Nc1cc(-c2ccccc2)nn1-c1ccccc1. The first kappa shape index (κ1) is 20.3. The molecule has 1 amide bonds. The lowest BCUT2D eigenvalue weighted by atomic mass is 10.00. The summed E-state index contributed by atoms with van der Waals surface area (Å²) >= 11 is 0. The van der Waals surface area contributed by atoms with Gasteiger partial charge in [-0.3, -0.25) is 9.69 Å². The summed E-state index contributed by atoms with van der Waals surface area (Å²) in [7, 11) is 0. The molecule has 1 aromatic heterocycles. The number of nitrogens with zero attached hydrogens (tertiary/aromatic N) is 3. The van der Waals surface area contributed by atoms with Crippen LogP contribution in [-0.2, 0) is 4.79 Å². The standard InChI is InChI=1S/C24H28N4O2/c29-16-14-20-11-7-8-15-27(20)18-24(30)25-23-17-22(19-9-3-1-4-10-19)26-28(23)21-12-5-2-6-13-21/h1-6,9-10,12-13,17,20,29H,7-8,11,14-16,18H2,(H,25,30). The molecule has 1 fully saturated rings. The van der Waals surface area contributed by atoms with Crippen molar-refractivity contribution in [3.05, 3.63) is 66.7 Å². The number of para-hydroxylation sites is 1. The Labute approximate surface area is 177 Å². The van der Waals surface area contributed by atoms with Crippen molar-refractivity contribution in [3.8, 4) is 16.9 Å². The molecule has 1 aliphatic rings. The van der Waals surface area contributed by atoms with E-state index in [1.54, 1.807) is 4.68 Å². The minimum Gasteiger partial charge on any atom is -0.396 e. The van der Waals surface area contributed by atoms with Crippen LogP contribution in [0.2, 0.25) is 0 Å². The van der Waals surface area contributed by atoms with Crippen LogP contribution in [0.5, 0.6) is 0 Å². The van der Waals surface area contributed by atoms with Gasteiger partial charge in [-0.1, -0.05) is 55.0 Å². The minimum absolute atomic E-state index is 0.0588. The number of hydrogen-bond acceptors (Lipinski definition) is 4. The lowest BCUT2D eigenvalue weighted by Gasteiger charge is -2.34. The van der Waals surface area contributed by atoms with E-state index in [4.69, 9.17) is 5.10 Å². The highest BCUT2D eigenvalue weighted by atomic mass is 16.3. The molecule has 3 aromatic rings. The molecule has 2 N–H and O–H groups in total. The van der Waals surface area contributed by atoms with E-state index in [-0.39, 0.29) is 18.6 Å². The van der Waals surface area contributed by atoms with Gasteiger partial charge in [0.2, 0.25) is 5.91 Å². The maximum absolute atomic E-state index is 12.9. The highest BCUT2D eigenvalue weighted by molar-refractivity contribution is 5.92. The molecule has 0 aliphatic carbocycles. The van der Waals surface area contributed by atoms with Gasteiger partial charge in [0.05, 0.1) is 17.9 Å². The zero-order chi connectivity index (χ0) is 20.8. The number of aliphatic hydroxyl groups excluding tert-OH is 1. The number of likely N-dealkylation sites (tertiary alicyclic amines) is 1. The van der Waals surface area contributed by atoms with Gasteiger partial charge in [-0.2, -0.15) is 5.10 Å². The Bertz CT molecular complexity index is 954. The average molecular weight is 405 g/mol. The lowest BCUT2D eigenvalue weighted by Crippen LogP contribution is -2.44. The topological polar surface area (TPSA) is 70.4 Å². The third-order valence-corrected chi connectivity index (χ3v) is 5.61. The van der Waals surface area contributed by atoms with E-state index in [1.807, 2.05) is 66.7 Å². The molecule has 1 atom stereocenters. The van der Waals surface area contributed by atoms with Gasteiger partial charge in [-0.15, -0.1) is 0 Å². The summed E-state index contributed by atoms with van der Waals surface area (Å²) in [6, 6.07) is 22.0. The number of nitrogens with one attached hydrogen (secondary N) is 1. The molecule has 2 aromatic carbocycles. The van der Waals surface area contributed by atoms with Gasteiger partial charge in [-0.25, -0.2) is 4.68 Å². The number of benzene rings is 2. The maximum atomic E-state index is 12.9. The Morgan fingerprint density at radius 1 is 1.07 bits per heavy atom. The molecule has 0 radical (unpaired) electrons. The summed E-state index contributed by atoms with van der Waals surface area (Å²) in [4.78, 5) is 15.1. The van der Waals surface area contributed by atoms with Crippen LogP contribution >= 0.6 is 0 Å². The summed E-state index contributed by atoms with van der Waals surface area (Å²) in [5, 5.41) is 17.2. The van der Waals surface area contributed by atoms with Crippen molar-refractivity contribution in [2.75, 3.05) is 25.0 Å². The predicted octanol–water partition coefficient (Wildman–Crippen LogP) is 3.71. The molecule has 0 spiro atoms. The van der Waals surface area contributed by atoms with Crippen molar-refractivity contribution in [3.63, 3.8) is 0 Å². The van der Waals surface area contributed by atoms with Crippen LogP contribution in [0.25, 0.3) is 16.9 Å². The Balaban J connectivity index is 1.56. The first-order valence-electron chi connectivity index (χ1n) is 10.6. The average Bonchev–Trinajstić information content (AvgIpc) is 3.20. The fraction of sp³-hybridized carbons (Fsp3) is 0.333. The number of anilines is 1. The van der Waals surface area contributed by atoms with Crippen molar-refractivity contribution in [1.82, 2.24) is 14.7 Å². The van der Waals surface area contributed by atoms with Crippen LogP contribution in [0, 0.1) is 0 Å². The number of carbonyl (C=O) groups is 1. The fourth-order valence-corrected chi connectivity index (χ4v) is 4.10. The summed E-state index contributed by atoms with van der Waals surface area (Å²) in [5.74, 6) is 0.595. The predicted molar refractivity (Wildman–Crippen MR) is 119 cm³/mol. The smallest absolute Gasteiger partial charge is 0.239 e. The van der Waals surface area contributed by atoms with Crippen molar-refractivity contribution < 1.29 is 9.90 Å². The quantitative estimate of drug-likeness (QED) is 0.630. The molecule has 0 bridgehead atoms. The molecule has 1 saturated heterocycles. The Hall–Kier alpha value is -2.96. The minimum atomic E-state index is -0.0588. The third-order valence-electron chi connectivity index (χ3n) is 5.61. The monoisotopic (exact) mass is 404 g/mol. The highest BCUT2D eigenvalue weighted by Gasteiger charge is 2.24. The van der Waals surface area contributed by atoms with E-state index in [9.17, 15) is 9.90 Å². The second-order valence-electron chi connectivity index (χ2n) is 7.71. The second-order valence-corrected chi connectivity index (χ2v) is 7.71. The molecule has 156 valence electrons. The Morgan fingerprint density at radius 2 is 1.80 bits per heavy atom. The van der Waals surface area contributed by atoms with Gasteiger partial charge < -0.3 is 10.4 Å². The molecular formula is C24H28N4O2. The van der Waals surface area contributed by atoms with Crippen LogP contribution in [0.1, 0.15) is 25.7 Å². The Morgan fingerprint density at radius 3 is 2.53 bits per heavy atom. The number of carbonyl (C=O) groups excluding carboxylic acids is 1. The van der Waals surface area contributed by atoms with E-state index in [0.29, 0.717) is 18.8 Å². The van der Waals surface area contributed by atoms with Crippen LogP contribution in [0.15, 0.2) is 66.7 Å². The van der Waals surface area contributed by atoms with Crippen LogP contribution in [-0.4, -0.2) is 51.4 Å². The van der Waals surface area contributed by atoms with Crippen molar-refractivity contribution >= 4 is 11.7 Å². The summed E-state index contributed by atoms with van der Waals surface area (Å²) in [5.41, 5.74) is 2.71. The zero-order valence-electron chi connectivity index (χ0n) is 17.1. The van der Waals surface area contributed by atoms with Gasteiger partial charge in [0.25, 0.3) is 0 Å². The number of aliphatic hydroxyl groups is 1. The first-order chi connectivity index (χ1) is 14.7. The summed E-state index contributed by atoms with van der Waals surface area (Å²) < 4.78 is 1.78. The molecule has 4 rings (SSSR count). The van der Waals surface area contributed by atoms with E-state index >= 15 is 0 Å². The summed E-state index contributed by atoms with van der Waals surface area (Å²) in [6.07, 6.45) is 4.00. The molecule has 6 heteroatoms. The van der Waals surface area contributed by atoms with Crippen molar-refractivity contribution in [2.24, 2.45) is 0 Å². The van der Waals surface area contributed by atoms with E-state index in [0.717, 1.165) is 42.8 Å². The number of hydrogen-bond donors (Lipinski definition) is 2. The van der Waals surface area contributed by atoms with Gasteiger partial charge in [0.1, 0.15) is 5.82 Å². The summed E-state index contributed by atoms with van der Waals surface area (Å²) in [6.45, 7) is 1.38. The molecule has 6 nitrogen and oxygen atoms in total. The lowest BCUT2D eigenvalue weighted by molar-refractivity contribution is -0.118. The second kappa shape index (κ2) is 9.69. The number of aromatic nitrogens is 2. The number of amides is 1. The van der Waals surface area contributed by atoms with E-state index in [1.165, 1.54) is 0 Å². The molecular weight excluding hydrogens is 376 g/mol. The van der Waals surface area contributed by atoms with Crippen LogP contribution in [0.4, 0.5) is 5.82 Å². The van der Waals surface area contributed by atoms with Gasteiger partial charge >= 0.3 is 0 Å². The van der Waals surface area contributed by atoms with Crippen LogP contribution < -0.4 is 5.32 Å². The molecule has 1 unspecified atom stereocenters. The number of piperidine rings is 1. The van der Waals surface area contributed by atoms with Gasteiger partial charge in [0.15, 0.2) is 0 Å². The maximum Gasteiger partial charge on any atom is 0.239 e. The highest BCUT2D eigenvalue weighted by Crippen LogP contribution is 2.25. The molecule has 2 heterocycles. The molecule has 1 aliphatic heterocycles. The van der Waals surface area contributed by atoms with E-state index in [2.05, 4.69) is 10.2 Å². The third kappa shape index (κ3) is 4.78. The van der Waals surface area contributed by atoms with Crippen LogP contribution in [0.3, 0.4) is 0 Å². The van der Waals surface area contributed by atoms with Gasteiger partial charge in [0, 0.05) is 24.3 Å². The van der Waals surface area contributed by atoms with Crippen molar-refractivity contribution in [2.45, 2.75) is 31.7 Å². The van der Waals surface area contributed by atoms with E-state index < -0.39 is 0 Å². The van der Waals surface area contributed by atoms with Crippen molar-refractivity contribution in [1.29, 1.82) is 0 Å². The fourth-order valence-electron chi connectivity index (χ4n) is 4.10. The molecule has 0 saturated carbocycles. The first-order valence-corrected chi connectivity index (χ1v) is 10.6. The normalized spacial score (nSPS) is 17.0. The zero-order valence-corrected chi connectivity index (χ0v) is 17.1. The molecule has 30 heavy (non-hydrogen) atoms. The van der Waals surface area contributed by atoms with Gasteiger partial charge in [-0.05, 0) is 37.9 Å². The number of rotatable bonds is 7. The Kier molecular flexibility index (Phi) is 6.57.